The summed E-state index contributed by atoms with van der Waals surface area (Å²) in [6.07, 6.45) is 5.53. The van der Waals surface area contributed by atoms with E-state index in [1.54, 1.807) is 29.4 Å². The van der Waals surface area contributed by atoms with E-state index in [1.807, 2.05) is 24.3 Å². The number of carbonyl (C=O) groups excluding carboxylic acids is 1. The summed E-state index contributed by atoms with van der Waals surface area (Å²) < 4.78 is 14.6. The van der Waals surface area contributed by atoms with Crippen molar-refractivity contribution < 1.29 is 14.3 Å². The zero-order chi connectivity index (χ0) is 26.1. The standard InChI is InChI=1S/C26H29N7O4S/c1-31-23-13-17(37-15-18-3-2-12-36-18)4-5-22(23)33(26(31)35)25-30-20(16-38-25)24(34)29-19-14-28-7-6-21(19)32-10-8-27-9-11-32/h4-7,13-14,16,18,27H,2-3,8-12,15H2,1H3,(H,29,34). The Kier molecular flexibility index (Phi) is 6.83. The van der Waals surface area contributed by atoms with Crippen LogP contribution in [0.1, 0.15) is 23.3 Å². The van der Waals surface area contributed by atoms with Crippen molar-refractivity contribution in [1.82, 2.24) is 24.4 Å². The lowest BCUT2D eigenvalue weighted by molar-refractivity contribution is 0.0680. The second-order valence-corrected chi connectivity index (χ2v) is 10.2. The van der Waals surface area contributed by atoms with Crippen LogP contribution in [0.2, 0.25) is 0 Å². The summed E-state index contributed by atoms with van der Waals surface area (Å²) >= 11 is 1.24. The van der Waals surface area contributed by atoms with Crippen molar-refractivity contribution in [3.05, 3.63) is 58.2 Å². The Balaban J connectivity index is 1.23. The number of nitrogens with zero attached hydrogens (tertiary/aromatic N) is 5. The number of aromatic nitrogens is 4. The van der Waals surface area contributed by atoms with Crippen LogP contribution < -0.4 is 26.0 Å². The van der Waals surface area contributed by atoms with Crippen molar-refractivity contribution in [2.24, 2.45) is 7.05 Å². The van der Waals surface area contributed by atoms with Crippen molar-refractivity contribution in [3.63, 3.8) is 0 Å². The number of pyridine rings is 1. The summed E-state index contributed by atoms with van der Waals surface area (Å²) in [5.41, 5.74) is 2.96. The number of benzene rings is 1. The van der Waals surface area contributed by atoms with E-state index in [-0.39, 0.29) is 23.4 Å². The minimum absolute atomic E-state index is 0.110. The average molecular weight is 536 g/mol. The molecule has 2 fully saturated rings. The molecule has 4 aromatic rings. The molecule has 2 aliphatic rings. The number of amides is 1. The number of hydrogen-bond acceptors (Lipinski definition) is 9. The summed E-state index contributed by atoms with van der Waals surface area (Å²) in [6.45, 7) is 4.72. The number of nitrogens with one attached hydrogen (secondary N) is 2. The first kappa shape index (κ1) is 24.6. The van der Waals surface area contributed by atoms with Crippen LogP contribution in [0.25, 0.3) is 16.2 Å². The van der Waals surface area contributed by atoms with Gasteiger partial charge >= 0.3 is 5.69 Å². The molecule has 1 atom stereocenters. The Morgan fingerprint density at radius 3 is 2.95 bits per heavy atom. The highest BCUT2D eigenvalue weighted by molar-refractivity contribution is 7.12. The molecule has 38 heavy (non-hydrogen) atoms. The van der Waals surface area contributed by atoms with Crippen LogP contribution >= 0.6 is 11.3 Å². The van der Waals surface area contributed by atoms with Gasteiger partial charge in [-0.1, -0.05) is 0 Å². The smallest absolute Gasteiger partial charge is 0.335 e. The maximum absolute atomic E-state index is 13.2. The molecular weight excluding hydrogens is 506 g/mol. The second-order valence-electron chi connectivity index (χ2n) is 9.37. The first-order valence-corrected chi connectivity index (χ1v) is 13.6. The van der Waals surface area contributed by atoms with Crippen LogP contribution in [0, 0.1) is 0 Å². The molecule has 1 unspecified atom stereocenters. The third-order valence-corrected chi connectivity index (χ3v) is 7.73. The summed E-state index contributed by atoms with van der Waals surface area (Å²) in [4.78, 5) is 37.2. The number of anilines is 2. The summed E-state index contributed by atoms with van der Waals surface area (Å²) in [6, 6.07) is 7.44. The van der Waals surface area contributed by atoms with Gasteiger partial charge < -0.3 is 25.0 Å². The Bertz CT molecular complexity index is 1520. The lowest BCUT2D eigenvalue weighted by Crippen LogP contribution is -2.43. The number of aryl methyl sites for hydroxylation is 1. The highest BCUT2D eigenvalue weighted by Gasteiger charge is 2.21. The van der Waals surface area contributed by atoms with E-state index in [4.69, 9.17) is 9.47 Å². The quantitative estimate of drug-likeness (QED) is 0.371. The Morgan fingerprint density at radius 2 is 2.13 bits per heavy atom. The minimum atomic E-state index is -0.352. The number of ether oxygens (including phenoxy) is 2. The molecule has 6 rings (SSSR count). The van der Waals surface area contributed by atoms with E-state index in [1.165, 1.54) is 15.9 Å². The van der Waals surface area contributed by atoms with E-state index in [2.05, 4.69) is 25.5 Å². The number of rotatable bonds is 7. The van der Waals surface area contributed by atoms with E-state index >= 15 is 0 Å². The molecule has 2 saturated heterocycles. The molecule has 2 aliphatic heterocycles. The molecule has 12 heteroatoms. The first-order chi connectivity index (χ1) is 18.6. The molecule has 3 aromatic heterocycles. The van der Waals surface area contributed by atoms with Crippen molar-refractivity contribution in [3.8, 4) is 10.9 Å². The van der Waals surface area contributed by atoms with E-state index < -0.39 is 0 Å². The minimum Gasteiger partial charge on any atom is -0.491 e. The van der Waals surface area contributed by atoms with Crippen LogP contribution in [0.15, 0.2) is 46.8 Å². The first-order valence-electron chi connectivity index (χ1n) is 12.7. The summed E-state index contributed by atoms with van der Waals surface area (Å²) in [5.74, 6) is 0.326. The third-order valence-electron chi connectivity index (χ3n) is 6.91. The normalized spacial score (nSPS) is 17.7. The lowest BCUT2D eigenvalue weighted by Gasteiger charge is -2.30. The van der Waals surface area contributed by atoms with Gasteiger partial charge in [-0.3, -0.25) is 14.3 Å². The van der Waals surface area contributed by atoms with E-state index in [0.717, 1.165) is 56.8 Å². The van der Waals surface area contributed by atoms with Gasteiger partial charge in [-0.25, -0.2) is 14.3 Å². The van der Waals surface area contributed by atoms with Gasteiger partial charge in [0.25, 0.3) is 5.91 Å². The lowest BCUT2D eigenvalue weighted by atomic mass is 10.2. The molecule has 0 radical (unpaired) electrons. The molecule has 5 heterocycles. The second kappa shape index (κ2) is 10.6. The molecular formula is C26H29N7O4S. The highest BCUT2D eigenvalue weighted by atomic mass is 32.1. The molecule has 0 bridgehead atoms. The SMILES string of the molecule is Cn1c(=O)n(-c2nc(C(=O)Nc3cnccc3N3CCNCC3)cs2)c2ccc(OCC3CCCO3)cc21. The predicted octanol–water partition coefficient (Wildman–Crippen LogP) is 2.40. The Labute approximate surface area is 223 Å². The third kappa shape index (κ3) is 4.77. The van der Waals surface area contributed by atoms with Gasteiger partial charge in [-0.15, -0.1) is 11.3 Å². The molecule has 1 aromatic carbocycles. The molecule has 198 valence electrons. The maximum atomic E-state index is 13.2. The topological polar surface area (TPSA) is 116 Å². The molecule has 11 nitrogen and oxygen atoms in total. The Morgan fingerprint density at radius 1 is 1.26 bits per heavy atom. The van der Waals surface area contributed by atoms with Gasteiger partial charge in [0, 0.05) is 57.5 Å². The maximum Gasteiger partial charge on any atom is 0.335 e. The zero-order valence-electron chi connectivity index (χ0n) is 21.1. The fourth-order valence-corrected chi connectivity index (χ4v) is 5.69. The van der Waals surface area contributed by atoms with Gasteiger partial charge in [0.2, 0.25) is 0 Å². The van der Waals surface area contributed by atoms with Gasteiger partial charge in [0.15, 0.2) is 5.13 Å². The van der Waals surface area contributed by atoms with Crippen molar-refractivity contribution in [2.45, 2.75) is 18.9 Å². The average Bonchev–Trinajstić information content (AvgIpc) is 3.70. The predicted molar refractivity (Wildman–Crippen MR) is 146 cm³/mol. The molecule has 0 aliphatic carbocycles. The van der Waals surface area contributed by atoms with Gasteiger partial charge in [0.1, 0.15) is 18.1 Å². The highest BCUT2D eigenvalue weighted by Crippen LogP contribution is 2.27. The molecule has 1 amide bonds. The molecule has 0 spiro atoms. The van der Waals surface area contributed by atoms with Crippen LogP contribution in [-0.2, 0) is 11.8 Å². The molecule has 2 N–H and O–H groups in total. The summed E-state index contributed by atoms with van der Waals surface area (Å²) in [7, 11) is 1.71. The van der Waals surface area contributed by atoms with Crippen molar-refractivity contribution in [1.29, 1.82) is 0 Å². The fourth-order valence-electron chi connectivity index (χ4n) is 4.88. The largest absolute Gasteiger partial charge is 0.491 e. The number of imidazole rings is 1. The number of carbonyl (C=O) groups is 1. The number of fused-ring (bicyclic) bond motifs is 1. The zero-order valence-corrected chi connectivity index (χ0v) is 21.9. The van der Waals surface area contributed by atoms with Crippen LogP contribution in [-0.4, -0.2) is 70.5 Å². The Hall–Kier alpha value is -3.74. The molecule has 0 saturated carbocycles. The van der Waals surface area contributed by atoms with Gasteiger partial charge in [-0.05, 0) is 31.0 Å². The number of hydrogen-bond donors (Lipinski definition) is 2. The number of thiazole rings is 1. The van der Waals surface area contributed by atoms with Crippen LogP contribution in [0.3, 0.4) is 0 Å². The van der Waals surface area contributed by atoms with Crippen molar-refractivity contribution >= 4 is 39.7 Å². The fraction of sp³-hybridized carbons (Fsp3) is 0.385. The monoisotopic (exact) mass is 535 g/mol. The van der Waals surface area contributed by atoms with Gasteiger partial charge in [-0.2, -0.15) is 0 Å². The number of piperazine rings is 1. The van der Waals surface area contributed by atoms with E-state index in [0.29, 0.717) is 28.7 Å². The van der Waals surface area contributed by atoms with Crippen molar-refractivity contribution in [2.75, 3.05) is 49.6 Å². The van der Waals surface area contributed by atoms with E-state index in [9.17, 15) is 9.59 Å². The summed E-state index contributed by atoms with van der Waals surface area (Å²) in [5, 5.41) is 8.37. The van der Waals surface area contributed by atoms with Crippen LogP contribution in [0.5, 0.6) is 5.75 Å². The van der Waals surface area contributed by atoms with Crippen LogP contribution in [0.4, 0.5) is 11.4 Å². The van der Waals surface area contributed by atoms with Gasteiger partial charge in [0.05, 0.1) is 34.7 Å².